The number of nitrogens with one attached hydrogen (secondary N) is 1. The molecule has 3 heteroatoms. The van der Waals surface area contributed by atoms with Crippen LogP contribution >= 0.6 is 0 Å². The largest absolute Gasteiger partial charge is 0.285 e. The molecule has 1 fully saturated rings. The lowest BCUT2D eigenvalue weighted by molar-refractivity contribution is 0.291. The van der Waals surface area contributed by atoms with Gasteiger partial charge in [-0.3, -0.25) is 10.4 Å². The normalized spacial score (nSPS) is 20.5. The number of nitrogens with zero attached hydrogens (tertiary/aromatic N) is 2. The molecule has 3 aromatic rings. The van der Waals surface area contributed by atoms with Crippen LogP contribution in [0.5, 0.6) is 0 Å². The summed E-state index contributed by atoms with van der Waals surface area (Å²) in [5, 5.41) is 2.16. The molecule has 2 aliphatic rings. The summed E-state index contributed by atoms with van der Waals surface area (Å²) in [7, 11) is 0. The lowest BCUT2D eigenvalue weighted by Gasteiger charge is -2.36. The van der Waals surface area contributed by atoms with Gasteiger partial charge >= 0.3 is 0 Å². The number of aryl methyl sites for hydroxylation is 1. The van der Waals surface area contributed by atoms with Gasteiger partial charge in [0.05, 0.1) is 11.7 Å². The molecule has 1 atom stereocenters. The molecule has 0 radical (unpaired) electrons. The van der Waals surface area contributed by atoms with Crippen LogP contribution in [0.3, 0.4) is 0 Å². The average molecular weight is 377 g/mol. The number of amidine groups is 1. The maximum absolute atomic E-state index is 5.13. The van der Waals surface area contributed by atoms with Gasteiger partial charge in [-0.2, -0.15) is 0 Å². The van der Waals surface area contributed by atoms with E-state index in [2.05, 4.69) is 127 Å². The van der Waals surface area contributed by atoms with E-state index in [0.29, 0.717) is 0 Å². The monoisotopic (exact) mass is 377 g/mol. The van der Waals surface area contributed by atoms with E-state index < -0.39 is 5.41 Å². The van der Waals surface area contributed by atoms with Crippen molar-refractivity contribution in [2.75, 3.05) is 0 Å². The summed E-state index contributed by atoms with van der Waals surface area (Å²) < 4.78 is 0. The Morgan fingerprint density at radius 1 is 0.793 bits per heavy atom. The molecule has 0 saturated carbocycles. The molecule has 29 heavy (non-hydrogen) atoms. The smallest absolute Gasteiger partial charge is 0.139 e. The summed E-state index contributed by atoms with van der Waals surface area (Å²) in [6, 6.07) is 29.8. The summed E-state index contributed by atoms with van der Waals surface area (Å²) in [5.41, 5.74) is 7.77. The predicted octanol–water partition coefficient (Wildman–Crippen LogP) is 5.28. The first-order valence-electron chi connectivity index (χ1n) is 9.95. The van der Waals surface area contributed by atoms with Gasteiger partial charge in [0.1, 0.15) is 11.3 Å². The minimum absolute atomic E-state index is 0.0847. The van der Waals surface area contributed by atoms with Crippen LogP contribution in [0.25, 0.3) is 0 Å². The standard InChI is InChI=1S/C26H23N3/c1-20-15-17-23(18-16-20)27-25-26(21-10-4-2-5-11-21,22-12-6-3-7-13-22)24-14-8-9-19-29(24)28-25/h2-19,24H,1H3,(H,27,28). The zero-order valence-corrected chi connectivity index (χ0v) is 16.4. The highest BCUT2D eigenvalue weighted by Gasteiger charge is 2.53. The summed E-state index contributed by atoms with van der Waals surface area (Å²) in [6.07, 6.45) is 8.52. The fourth-order valence-corrected chi connectivity index (χ4v) is 4.35. The van der Waals surface area contributed by atoms with Crippen LogP contribution < -0.4 is 5.43 Å². The quantitative estimate of drug-likeness (QED) is 0.672. The van der Waals surface area contributed by atoms with Crippen molar-refractivity contribution in [3.8, 4) is 0 Å². The first-order chi connectivity index (χ1) is 14.3. The number of aliphatic imine (C=N–C) groups is 1. The second-order valence-electron chi connectivity index (χ2n) is 7.53. The molecular formula is C26H23N3. The van der Waals surface area contributed by atoms with Gasteiger partial charge in [-0.25, -0.2) is 4.99 Å². The van der Waals surface area contributed by atoms with Crippen molar-refractivity contribution < 1.29 is 0 Å². The Morgan fingerprint density at radius 3 is 2.03 bits per heavy atom. The Kier molecular flexibility index (Phi) is 4.28. The highest BCUT2D eigenvalue weighted by atomic mass is 15.6. The van der Waals surface area contributed by atoms with E-state index in [9.17, 15) is 0 Å². The molecule has 2 aliphatic heterocycles. The molecule has 5 rings (SSSR count). The van der Waals surface area contributed by atoms with Crippen molar-refractivity contribution in [3.05, 3.63) is 126 Å². The third-order valence-electron chi connectivity index (χ3n) is 5.74. The highest BCUT2D eigenvalue weighted by molar-refractivity contribution is 6.01. The van der Waals surface area contributed by atoms with Crippen LogP contribution in [-0.4, -0.2) is 16.9 Å². The summed E-state index contributed by atoms with van der Waals surface area (Å²) in [6.45, 7) is 2.10. The molecule has 1 unspecified atom stereocenters. The van der Waals surface area contributed by atoms with Crippen LogP contribution in [0.4, 0.5) is 5.69 Å². The van der Waals surface area contributed by atoms with E-state index in [4.69, 9.17) is 4.99 Å². The molecule has 1 N–H and O–H groups in total. The predicted molar refractivity (Wildman–Crippen MR) is 119 cm³/mol. The van der Waals surface area contributed by atoms with Crippen molar-refractivity contribution >= 4 is 11.5 Å². The molecule has 0 aromatic heterocycles. The third-order valence-corrected chi connectivity index (χ3v) is 5.74. The SMILES string of the molecule is Cc1ccc(N=C2NN3C=CC=CC3C2(c2ccccc2)c2ccccc2)cc1. The molecule has 0 aliphatic carbocycles. The first-order valence-corrected chi connectivity index (χ1v) is 9.95. The Balaban J connectivity index is 1.79. The van der Waals surface area contributed by atoms with Crippen LogP contribution in [0.1, 0.15) is 16.7 Å². The lowest BCUT2D eigenvalue weighted by Crippen LogP contribution is -2.44. The summed E-state index contributed by atoms with van der Waals surface area (Å²) in [4.78, 5) is 5.13. The summed E-state index contributed by atoms with van der Waals surface area (Å²) in [5.74, 6) is 0.931. The van der Waals surface area contributed by atoms with E-state index in [1.807, 2.05) is 0 Å². The zero-order valence-electron chi connectivity index (χ0n) is 16.4. The number of hydrazine groups is 1. The van der Waals surface area contributed by atoms with E-state index in [1.54, 1.807) is 0 Å². The average Bonchev–Trinajstić information content (AvgIpc) is 3.11. The molecule has 3 aromatic carbocycles. The van der Waals surface area contributed by atoms with Crippen molar-refractivity contribution in [2.24, 2.45) is 4.99 Å². The van der Waals surface area contributed by atoms with Gasteiger partial charge in [0.15, 0.2) is 0 Å². The topological polar surface area (TPSA) is 27.6 Å². The maximum Gasteiger partial charge on any atom is 0.139 e. The van der Waals surface area contributed by atoms with Gasteiger partial charge in [0.2, 0.25) is 0 Å². The van der Waals surface area contributed by atoms with Gasteiger partial charge < -0.3 is 0 Å². The molecule has 142 valence electrons. The zero-order chi connectivity index (χ0) is 19.7. The number of hydrogen-bond acceptors (Lipinski definition) is 2. The van der Waals surface area contributed by atoms with Gasteiger partial charge in [-0.05, 0) is 36.3 Å². The Bertz CT molecular complexity index is 1040. The van der Waals surface area contributed by atoms with Crippen molar-refractivity contribution in [3.63, 3.8) is 0 Å². The van der Waals surface area contributed by atoms with Gasteiger partial charge in [0.25, 0.3) is 0 Å². The number of rotatable bonds is 3. The Hall–Kier alpha value is -3.59. The maximum atomic E-state index is 5.13. The fraction of sp³-hybridized carbons (Fsp3) is 0.115. The minimum atomic E-state index is -0.436. The van der Waals surface area contributed by atoms with Crippen molar-refractivity contribution in [1.29, 1.82) is 0 Å². The fourth-order valence-electron chi connectivity index (χ4n) is 4.35. The molecule has 0 amide bonds. The van der Waals surface area contributed by atoms with Gasteiger partial charge in [0, 0.05) is 6.20 Å². The van der Waals surface area contributed by atoms with Crippen LogP contribution in [-0.2, 0) is 5.41 Å². The van der Waals surface area contributed by atoms with Gasteiger partial charge in [-0.15, -0.1) is 0 Å². The summed E-state index contributed by atoms with van der Waals surface area (Å²) >= 11 is 0. The lowest BCUT2D eigenvalue weighted by atomic mass is 9.68. The van der Waals surface area contributed by atoms with Crippen molar-refractivity contribution in [1.82, 2.24) is 10.4 Å². The van der Waals surface area contributed by atoms with E-state index >= 15 is 0 Å². The number of hydrogen-bond donors (Lipinski definition) is 1. The Morgan fingerprint density at radius 2 is 1.41 bits per heavy atom. The first kappa shape index (κ1) is 17.5. The minimum Gasteiger partial charge on any atom is -0.285 e. The highest BCUT2D eigenvalue weighted by Crippen LogP contribution is 2.44. The number of fused-ring (bicyclic) bond motifs is 1. The van der Waals surface area contributed by atoms with E-state index in [-0.39, 0.29) is 6.04 Å². The van der Waals surface area contributed by atoms with Crippen LogP contribution in [0.15, 0.2) is 114 Å². The van der Waals surface area contributed by atoms with Gasteiger partial charge in [-0.1, -0.05) is 90.5 Å². The third kappa shape index (κ3) is 2.87. The molecular weight excluding hydrogens is 354 g/mol. The van der Waals surface area contributed by atoms with Crippen LogP contribution in [0.2, 0.25) is 0 Å². The Labute approximate surface area is 171 Å². The van der Waals surface area contributed by atoms with Crippen LogP contribution in [0, 0.1) is 6.92 Å². The van der Waals surface area contributed by atoms with Crippen molar-refractivity contribution in [2.45, 2.75) is 18.4 Å². The number of allylic oxidation sites excluding steroid dienone is 2. The second-order valence-corrected chi connectivity index (χ2v) is 7.53. The molecule has 1 saturated heterocycles. The molecule has 2 heterocycles. The second kappa shape index (κ2) is 7.10. The number of benzene rings is 3. The molecule has 0 bridgehead atoms. The molecule has 0 spiro atoms. The van der Waals surface area contributed by atoms with E-state index in [0.717, 1.165) is 11.5 Å². The molecule has 3 nitrogen and oxygen atoms in total. The van der Waals surface area contributed by atoms with E-state index in [1.165, 1.54) is 16.7 Å².